The van der Waals surface area contributed by atoms with Gasteiger partial charge in [0.05, 0.1) is 11.2 Å². The molecule has 0 spiro atoms. The lowest BCUT2D eigenvalue weighted by molar-refractivity contribution is -0.0372. The van der Waals surface area contributed by atoms with E-state index in [9.17, 15) is 0 Å². The SMILES string of the molecule is CCC12NC1(CC)N1CCCC(C)(c3ncncn3)CCC(C)CCC1C1CCC(C)CCCCCCCC12. The van der Waals surface area contributed by atoms with Gasteiger partial charge in [-0.2, -0.15) is 0 Å². The van der Waals surface area contributed by atoms with Crippen molar-refractivity contribution in [1.82, 2.24) is 25.2 Å². The first-order valence-corrected chi connectivity index (χ1v) is 17.1. The second-order valence-electron chi connectivity index (χ2n) is 14.6. The van der Waals surface area contributed by atoms with Gasteiger partial charge in [0.15, 0.2) is 0 Å². The highest BCUT2D eigenvalue weighted by Gasteiger charge is 2.75. The molecule has 1 aliphatic carbocycles. The summed E-state index contributed by atoms with van der Waals surface area (Å²) in [5, 5.41) is 4.34. The molecule has 3 saturated heterocycles. The van der Waals surface area contributed by atoms with Crippen molar-refractivity contribution in [3.63, 3.8) is 0 Å². The molecule has 0 amide bonds. The fourth-order valence-electron chi connectivity index (χ4n) is 9.76. The topological polar surface area (TPSA) is 63.9 Å². The molecule has 220 valence electrons. The Labute approximate surface area is 240 Å². The third-order valence-electron chi connectivity index (χ3n) is 12.2. The zero-order chi connectivity index (χ0) is 27.5. The summed E-state index contributed by atoms with van der Waals surface area (Å²) < 4.78 is 0. The molecule has 5 nitrogen and oxygen atoms in total. The van der Waals surface area contributed by atoms with Crippen LogP contribution in [0.5, 0.6) is 0 Å². The maximum absolute atomic E-state index is 4.67. The molecule has 1 N–H and O–H groups in total. The Bertz CT molecular complexity index is 908. The number of hydrogen-bond donors (Lipinski definition) is 1. The van der Waals surface area contributed by atoms with Crippen molar-refractivity contribution in [2.24, 2.45) is 23.7 Å². The summed E-state index contributed by atoms with van der Waals surface area (Å²) >= 11 is 0. The average molecular weight is 538 g/mol. The van der Waals surface area contributed by atoms with Gasteiger partial charge in [-0.05, 0) is 87.9 Å². The summed E-state index contributed by atoms with van der Waals surface area (Å²) in [7, 11) is 0. The lowest BCUT2D eigenvalue weighted by Gasteiger charge is -2.53. The van der Waals surface area contributed by atoms with Gasteiger partial charge in [0.1, 0.15) is 18.5 Å². The van der Waals surface area contributed by atoms with Crippen LogP contribution in [-0.2, 0) is 5.41 Å². The molecule has 3 aliphatic heterocycles. The molecule has 4 fully saturated rings. The monoisotopic (exact) mass is 537 g/mol. The van der Waals surface area contributed by atoms with Crippen molar-refractivity contribution >= 4 is 0 Å². The number of rotatable bonds is 3. The van der Waals surface area contributed by atoms with Crippen molar-refractivity contribution in [3.05, 3.63) is 18.5 Å². The Morgan fingerprint density at radius 1 is 0.795 bits per heavy atom. The van der Waals surface area contributed by atoms with Crippen LogP contribution in [-0.4, -0.2) is 43.6 Å². The summed E-state index contributed by atoms with van der Waals surface area (Å²) in [4.78, 5) is 16.5. The minimum atomic E-state index is 0.0379. The minimum Gasteiger partial charge on any atom is -0.289 e. The lowest BCUT2D eigenvalue weighted by Crippen LogP contribution is -2.61. The van der Waals surface area contributed by atoms with Crippen LogP contribution in [0.2, 0.25) is 0 Å². The zero-order valence-corrected chi connectivity index (χ0v) is 26.1. The molecule has 39 heavy (non-hydrogen) atoms. The second-order valence-corrected chi connectivity index (χ2v) is 14.6. The Morgan fingerprint density at radius 3 is 2.23 bits per heavy atom. The fraction of sp³-hybridized carbons (Fsp3) is 0.912. The Kier molecular flexibility index (Phi) is 9.38. The number of hydrogen-bond acceptors (Lipinski definition) is 5. The van der Waals surface area contributed by atoms with E-state index in [4.69, 9.17) is 0 Å². The van der Waals surface area contributed by atoms with Crippen molar-refractivity contribution in [2.75, 3.05) is 6.54 Å². The number of fused-ring (bicyclic) bond motifs is 6. The summed E-state index contributed by atoms with van der Waals surface area (Å²) in [6.45, 7) is 13.7. The van der Waals surface area contributed by atoms with E-state index >= 15 is 0 Å². The van der Waals surface area contributed by atoms with Gasteiger partial charge < -0.3 is 0 Å². The van der Waals surface area contributed by atoms with E-state index in [1.165, 1.54) is 109 Å². The van der Waals surface area contributed by atoms with E-state index in [0.717, 1.165) is 42.0 Å². The van der Waals surface area contributed by atoms with E-state index in [2.05, 4.69) is 59.8 Å². The van der Waals surface area contributed by atoms with Crippen LogP contribution < -0.4 is 5.32 Å². The minimum absolute atomic E-state index is 0.0379. The molecule has 0 bridgehead atoms. The fourth-order valence-corrected chi connectivity index (χ4v) is 9.76. The van der Waals surface area contributed by atoms with E-state index in [1.807, 2.05) is 0 Å². The van der Waals surface area contributed by atoms with E-state index in [1.54, 1.807) is 12.7 Å². The van der Waals surface area contributed by atoms with Crippen LogP contribution in [0.4, 0.5) is 0 Å². The predicted octanol–water partition coefficient (Wildman–Crippen LogP) is 8.06. The van der Waals surface area contributed by atoms with Gasteiger partial charge in [0.2, 0.25) is 0 Å². The van der Waals surface area contributed by atoms with Gasteiger partial charge >= 0.3 is 0 Å². The van der Waals surface area contributed by atoms with E-state index in [0.29, 0.717) is 5.54 Å². The van der Waals surface area contributed by atoms with Crippen molar-refractivity contribution in [3.8, 4) is 0 Å². The molecule has 8 unspecified atom stereocenters. The van der Waals surface area contributed by atoms with Crippen LogP contribution in [0.1, 0.15) is 150 Å². The quantitative estimate of drug-likeness (QED) is 0.395. The van der Waals surface area contributed by atoms with Gasteiger partial charge in [-0.3, -0.25) is 10.2 Å². The predicted molar refractivity (Wildman–Crippen MR) is 161 cm³/mol. The first-order chi connectivity index (χ1) is 18.9. The highest BCUT2D eigenvalue weighted by atomic mass is 15.5. The molecular weight excluding hydrogens is 478 g/mol. The smallest absolute Gasteiger partial charge is 0.137 e. The lowest BCUT2D eigenvalue weighted by atomic mass is 9.63. The van der Waals surface area contributed by atoms with Crippen LogP contribution in [0.15, 0.2) is 12.7 Å². The van der Waals surface area contributed by atoms with Gasteiger partial charge in [-0.25, -0.2) is 15.0 Å². The average Bonchev–Trinajstić information content (AvgIpc) is 3.64. The first-order valence-electron chi connectivity index (χ1n) is 17.1. The summed E-state index contributed by atoms with van der Waals surface area (Å²) in [5.74, 6) is 4.31. The molecule has 4 heterocycles. The van der Waals surface area contributed by atoms with Gasteiger partial charge in [-0.15, -0.1) is 0 Å². The van der Waals surface area contributed by atoms with Crippen molar-refractivity contribution < 1.29 is 0 Å². The summed E-state index contributed by atoms with van der Waals surface area (Å²) in [5.41, 5.74) is 0.562. The van der Waals surface area contributed by atoms with Gasteiger partial charge in [0.25, 0.3) is 0 Å². The summed E-state index contributed by atoms with van der Waals surface area (Å²) in [6.07, 6.45) is 26.5. The maximum Gasteiger partial charge on any atom is 0.137 e. The number of piperidine rings is 1. The van der Waals surface area contributed by atoms with Crippen LogP contribution in [0, 0.1) is 23.7 Å². The molecule has 8 atom stereocenters. The molecule has 0 aromatic carbocycles. The van der Waals surface area contributed by atoms with Crippen LogP contribution >= 0.6 is 0 Å². The normalized spacial score (nSPS) is 42.9. The van der Waals surface area contributed by atoms with Gasteiger partial charge in [-0.1, -0.05) is 79.6 Å². The molecule has 4 aliphatic rings. The Hall–Kier alpha value is -1.07. The number of aromatic nitrogens is 3. The van der Waals surface area contributed by atoms with Crippen molar-refractivity contribution in [1.29, 1.82) is 0 Å². The van der Waals surface area contributed by atoms with Crippen molar-refractivity contribution in [2.45, 2.75) is 166 Å². The number of nitrogens with one attached hydrogen (secondary N) is 1. The third kappa shape index (κ3) is 5.70. The maximum atomic E-state index is 4.67. The third-order valence-corrected chi connectivity index (χ3v) is 12.2. The highest BCUT2D eigenvalue weighted by Crippen LogP contribution is 2.62. The number of nitrogens with zero attached hydrogens (tertiary/aromatic N) is 4. The zero-order valence-electron chi connectivity index (χ0n) is 26.1. The Balaban J connectivity index is 1.47. The van der Waals surface area contributed by atoms with Crippen LogP contribution in [0.3, 0.4) is 0 Å². The van der Waals surface area contributed by atoms with E-state index in [-0.39, 0.29) is 11.1 Å². The van der Waals surface area contributed by atoms with E-state index < -0.39 is 0 Å². The standard InChI is InChI=1S/C34H59N5/c1-6-33-29-15-12-10-8-9-11-14-26(3)16-18-28(29)30-19-17-27(4)20-22-32(5,31-36-24-35-25-37-31)21-13-23-39(30)34(33,7-2)38-33/h24-30,38H,6-23H2,1-5H3. The molecule has 5 heteroatoms. The van der Waals surface area contributed by atoms with Gasteiger partial charge in [0, 0.05) is 18.0 Å². The van der Waals surface area contributed by atoms with Crippen LogP contribution in [0.25, 0.3) is 0 Å². The second kappa shape index (κ2) is 12.4. The molecule has 1 aromatic heterocycles. The summed E-state index contributed by atoms with van der Waals surface area (Å²) in [6, 6.07) is 0.726. The molecule has 1 saturated carbocycles. The molecule has 1 aromatic rings. The largest absolute Gasteiger partial charge is 0.289 e. The highest BCUT2D eigenvalue weighted by molar-refractivity contribution is 5.31. The first kappa shape index (κ1) is 29.4. The Morgan fingerprint density at radius 2 is 1.49 bits per heavy atom. The molecular formula is C34H59N5. The molecule has 0 radical (unpaired) electrons. The molecule has 5 rings (SSSR count).